The summed E-state index contributed by atoms with van der Waals surface area (Å²) in [6, 6.07) is 8.94. The van der Waals surface area contributed by atoms with Gasteiger partial charge in [0, 0.05) is 12.2 Å². The third-order valence-corrected chi connectivity index (χ3v) is 2.92. The molecule has 0 aliphatic rings. The van der Waals surface area contributed by atoms with Gasteiger partial charge in [0.25, 0.3) is 0 Å². The van der Waals surface area contributed by atoms with Gasteiger partial charge in [-0.05, 0) is 37.8 Å². The van der Waals surface area contributed by atoms with E-state index in [0.717, 1.165) is 12.1 Å². The molecule has 0 aliphatic heterocycles. The largest absolute Gasteiger partial charge is 0.388 e. The van der Waals surface area contributed by atoms with Gasteiger partial charge in [-0.25, -0.2) is 4.79 Å². The van der Waals surface area contributed by atoms with Crippen molar-refractivity contribution in [2.75, 3.05) is 11.9 Å². The van der Waals surface area contributed by atoms with Crippen molar-refractivity contribution in [2.45, 2.75) is 39.2 Å². The number of aliphatic hydroxyl groups is 1. The predicted molar refractivity (Wildman–Crippen MR) is 78.2 cm³/mol. The molecule has 1 atom stereocenters. The van der Waals surface area contributed by atoms with Crippen LogP contribution >= 0.6 is 0 Å². The first-order valence-electron chi connectivity index (χ1n) is 6.71. The van der Waals surface area contributed by atoms with Crippen molar-refractivity contribution in [3.8, 4) is 0 Å². The van der Waals surface area contributed by atoms with Crippen molar-refractivity contribution in [2.24, 2.45) is 5.92 Å². The Morgan fingerprint density at radius 2 is 1.95 bits per heavy atom. The molecule has 4 heteroatoms. The molecule has 1 rings (SSSR count). The Balaban J connectivity index is 2.33. The quantitative estimate of drug-likeness (QED) is 0.739. The molecule has 1 unspecified atom stereocenters. The number of carbonyl (C=O) groups is 1. The first-order chi connectivity index (χ1) is 8.89. The minimum absolute atomic E-state index is 0.248. The smallest absolute Gasteiger partial charge is 0.319 e. The Bertz CT molecular complexity index is 388. The summed E-state index contributed by atoms with van der Waals surface area (Å²) in [5.74, 6) is 0.546. The van der Waals surface area contributed by atoms with Crippen LogP contribution in [0, 0.1) is 5.92 Å². The number of hydrogen-bond donors (Lipinski definition) is 3. The van der Waals surface area contributed by atoms with E-state index in [-0.39, 0.29) is 12.6 Å². The summed E-state index contributed by atoms with van der Waals surface area (Å²) < 4.78 is 0. The van der Waals surface area contributed by atoms with E-state index in [2.05, 4.69) is 24.5 Å². The zero-order valence-corrected chi connectivity index (χ0v) is 11.9. The van der Waals surface area contributed by atoms with Gasteiger partial charge in [-0.2, -0.15) is 0 Å². The molecule has 0 heterocycles. The van der Waals surface area contributed by atoms with Gasteiger partial charge in [-0.1, -0.05) is 32.0 Å². The molecule has 1 aromatic carbocycles. The van der Waals surface area contributed by atoms with Crippen molar-refractivity contribution in [1.29, 1.82) is 0 Å². The van der Waals surface area contributed by atoms with Crippen LogP contribution in [-0.4, -0.2) is 23.3 Å². The Hall–Kier alpha value is -1.55. The molecule has 2 amide bonds. The number of amides is 2. The van der Waals surface area contributed by atoms with Crippen LogP contribution in [-0.2, 0) is 0 Å². The lowest BCUT2D eigenvalue weighted by Gasteiger charge is -2.24. The van der Waals surface area contributed by atoms with Crippen LogP contribution in [0.2, 0.25) is 0 Å². The van der Waals surface area contributed by atoms with Crippen LogP contribution in [0.1, 0.15) is 33.6 Å². The Labute approximate surface area is 115 Å². The second-order valence-corrected chi connectivity index (χ2v) is 5.60. The number of carbonyl (C=O) groups excluding carboxylic acids is 1. The van der Waals surface area contributed by atoms with Crippen LogP contribution in [0.4, 0.5) is 10.5 Å². The second-order valence-electron chi connectivity index (χ2n) is 5.60. The molecule has 1 aromatic rings. The standard InChI is InChI=1S/C15H24N2O2/c1-12(2)9-10-15(3,19)11-16-14(18)17-13-7-5-4-6-8-13/h4-8,12,19H,9-11H2,1-3H3,(H2,16,17,18). The highest BCUT2D eigenvalue weighted by Crippen LogP contribution is 2.15. The molecule has 4 nitrogen and oxygen atoms in total. The SMILES string of the molecule is CC(C)CCC(C)(O)CNC(=O)Nc1ccccc1. The first kappa shape index (κ1) is 15.5. The van der Waals surface area contributed by atoms with E-state index in [1.165, 1.54) is 0 Å². The molecule has 0 aliphatic carbocycles. The lowest BCUT2D eigenvalue weighted by Crippen LogP contribution is -2.42. The van der Waals surface area contributed by atoms with E-state index in [1.807, 2.05) is 30.3 Å². The molecule has 0 saturated heterocycles. The first-order valence-corrected chi connectivity index (χ1v) is 6.71. The summed E-state index contributed by atoms with van der Waals surface area (Å²) in [5.41, 5.74) is -0.125. The van der Waals surface area contributed by atoms with Crippen LogP contribution in [0.15, 0.2) is 30.3 Å². The van der Waals surface area contributed by atoms with Gasteiger partial charge in [0.15, 0.2) is 0 Å². The maximum atomic E-state index is 11.7. The highest BCUT2D eigenvalue weighted by molar-refractivity contribution is 5.89. The Kier molecular flexibility index (Phi) is 5.83. The van der Waals surface area contributed by atoms with E-state index in [9.17, 15) is 9.90 Å². The molecule has 106 valence electrons. The predicted octanol–water partition coefficient (Wildman–Crippen LogP) is 3.00. The lowest BCUT2D eigenvalue weighted by atomic mass is 9.95. The van der Waals surface area contributed by atoms with Gasteiger partial charge in [-0.3, -0.25) is 0 Å². The average molecular weight is 264 g/mol. The van der Waals surface area contributed by atoms with E-state index in [1.54, 1.807) is 6.92 Å². The summed E-state index contributed by atoms with van der Waals surface area (Å²) in [5, 5.41) is 15.5. The highest BCUT2D eigenvalue weighted by atomic mass is 16.3. The summed E-state index contributed by atoms with van der Waals surface area (Å²) >= 11 is 0. The topological polar surface area (TPSA) is 61.4 Å². The fourth-order valence-corrected chi connectivity index (χ4v) is 1.66. The van der Waals surface area contributed by atoms with Crippen LogP contribution in [0.3, 0.4) is 0 Å². The van der Waals surface area contributed by atoms with E-state index < -0.39 is 5.60 Å². The molecule has 0 radical (unpaired) electrons. The van der Waals surface area contributed by atoms with Gasteiger partial charge in [0.1, 0.15) is 0 Å². The highest BCUT2D eigenvalue weighted by Gasteiger charge is 2.21. The minimum Gasteiger partial charge on any atom is -0.388 e. The maximum absolute atomic E-state index is 11.7. The number of anilines is 1. The number of nitrogens with one attached hydrogen (secondary N) is 2. The lowest BCUT2D eigenvalue weighted by molar-refractivity contribution is 0.0481. The monoisotopic (exact) mass is 264 g/mol. The summed E-state index contributed by atoms with van der Waals surface area (Å²) in [7, 11) is 0. The molecule has 3 N–H and O–H groups in total. The maximum Gasteiger partial charge on any atom is 0.319 e. The van der Waals surface area contributed by atoms with Crippen molar-refractivity contribution >= 4 is 11.7 Å². The van der Waals surface area contributed by atoms with E-state index >= 15 is 0 Å². The van der Waals surface area contributed by atoms with Crippen LogP contribution in [0.5, 0.6) is 0 Å². The fraction of sp³-hybridized carbons (Fsp3) is 0.533. The Morgan fingerprint density at radius 1 is 1.32 bits per heavy atom. The minimum atomic E-state index is -0.863. The van der Waals surface area contributed by atoms with Gasteiger partial charge < -0.3 is 15.7 Å². The summed E-state index contributed by atoms with van der Waals surface area (Å²) in [6.07, 6.45) is 1.62. The molecular formula is C15H24N2O2. The number of para-hydroxylation sites is 1. The normalized spacial score (nSPS) is 13.9. The van der Waals surface area contributed by atoms with Gasteiger partial charge >= 0.3 is 6.03 Å². The van der Waals surface area contributed by atoms with E-state index in [0.29, 0.717) is 12.3 Å². The van der Waals surface area contributed by atoms with Gasteiger partial charge in [0.2, 0.25) is 0 Å². The molecule has 0 fully saturated rings. The van der Waals surface area contributed by atoms with E-state index in [4.69, 9.17) is 0 Å². The number of benzene rings is 1. The Morgan fingerprint density at radius 3 is 2.53 bits per heavy atom. The van der Waals surface area contributed by atoms with Crippen molar-refractivity contribution < 1.29 is 9.90 Å². The van der Waals surface area contributed by atoms with Gasteiger partial charge in [-0.15, -0.1) is 0 Å². The van der Waals surface area contributed by atoms with Crippen LogP contribution in [0.25, 0.3) is 0 Å². The molecule has 19 heavy (non-hydrogen) atoms. The third-order valence-electron chi connectivity index (χ3n) is 2.92. The zero-order valence-electron chi connectivity index (χ0n) is 11.9. The second kappa shape index (κ2) is 7.14. The fourth-order valence-electron chi connectivity index (χ4n) is 1.66. The molecule has 0 spiro atoms. The summed E-state index contributed by atoms with van der Waals surface area (Å²) in [6.45, 7) is 6.23. The molecule has 0 saturated carbocycles. The van der Waals surface area contributed by atoms with Crippen LogP contribution < -0.4 is 10.6 Å². The van der Waals surface area contributed by atoms with Crippen molar-refractivity contribution in [3.63, 3.8) is 0 Å². The number of rotatable bonds is 6. The molecule has 0 bridgehead atoms. The third kappa shape index (κ3) is 6.82. The van der Waals surface area contributed by atoms with Crippen molar-refractivity contribution in [1.82, 2.24) is 5.32 Å². The van der Waals surface area contributed by atoms with Crippen molar-refractivity contribution in [3.05, 3.63) is 30.3 Å². The average Bonchev–Trinajstić information content (AvgIpc) is 2.36. The number of urea groups is 1. The molecular weight excluding hydrogens is 240 g/mol. The number of hydrogen-bond acceptors (Lipinski definition) is 2. The molecule has 0 aromatic heterocycles. The van der Waals surface area contributed by atoms with Gasteiger partial charge in [0.05, 0.1) is 5.60 Å². The summed E-state index contributed by atoms with van der Waals surface area (Å²) in [4.78, 5) is 11.7. The zero-order chi connectivity index (χ0) is 14.3.